The molecule has 1 aromatic heterocycles. The van der Waals surface area contributed by atoms with Gasteiger partial charge in [-0.25, -0.2) is 5.06 Å². The number of fused-ring (bicyclic) bond motifs is 2. The largest absolute Gasteiger partial charge is 0.264 e. The molecular weight excluding hydrogens is 262 g/mol. The number of hydrogen-bond donors (Lipinski definition) is 0. The zero-order valence-electron chi connectivity index (χ0n) is 11.9. The van der Waals surface area contributed by atoms with Gasteiger partial charge in [0.05, 0.1) is 11.7 Å². The number of rotatable bonds is 2. The van der Waals surface area contributed by atoms with Gasteiger partial charge in [0.25, 0.3) is 0 Å². The third kappa shape index (κ3) is 2.21. The Labute approximate surface area is 124 Å². The van der Waals surface area contributed by atoms with Crippen molar-refractivity contribution in [1.82, 2.24) is 10.2 Å². The van der Waals surface area contributed by atoms with Crippen LogP contribution in [0.25, 0.3) is 5.57 Å². The van der Waals surface area contributed by atoms with E-state index in [2.05, 4.69) is 40.5 Å². The molecule has 1 aliphatic carbocycles. The van der Waals surface area contributed by atoms with Crippen LogP contribution in [0, 0.1) is 6.92 Å². The Morgan fingerprint density at radius 2 is 1.90 bits per heavy atom. The molecule has 4 heteroatoms. The first-order valence-electron chi connectivity index (χ1n) is 7.35. The summed E-state index contributed by atoms with van der Waals surface area (Å²) in [4.78, 5) is 6.02. The van der Waals surface area contributed by atoms with Crippen molar-refractivity contribution in [3.8, 4) is 0 Å². The zero-order chi connectivity index (χ0) is 14.2. The van der Waals surface area contributed by atoms with Crippen LogP contribution in [0.2, 0.25) is 0 Å². The summed E-state index contributed by atoms with van der Waals surface area (Å²) in [5, 5.41) is 10.4. The monoisotopic (exact) mass is 279 g/mol. The number of anilines is 1. The second-order valence-corrected chi connectivity index (χ2v) is 5.58. The lowest BCUT2D eigenvalue weighted by Gasteiger charge is -2.44. The standard InChI is InChI=1S/C17H17N3O/c1-12-7-10-17(19-18-12)20-16-9-8-14(21-20)11-15(16)13-5-3-2-4-6-13/h2-7,10-11,14,16H,8-9H2,1H3. The molecule has 5 rings (SSSR count). The summed E-state index contributed by atoms with van der Waals surface area (Å²) in [6.45, 7) is 1.94. The van der Waals surface area contributed by atoms with Crippen molar-refractivity contribution in [3.05, 3.63) is 59.8 Å². The summed E-state index contributed by atoms with van der Waals surface area (Å²) < 4.78 is 0. The van der Waals surface area contributed by atoms with Gasteiger partial charge < -0.3 is 0 Å². The normalized spacial score (nSPS) is 24.0. The van der Waals surface area contributed by atoms with E-state index in [1.807, 2.05) is 30.2 Å². The minimum Gasteiger partial charge on any atom is -0.264 e. The van der Waals surface area contributed by atoms with Crippen LogP contribution in [0.3, 0.4) is 0 Å². The highest BCUT2D eigenvalue weighted by Gasteiger charge is 2.37. The molecule has 1 saturated heterocycles. The lowest BCUT2D eigenvalue weighted by molar-refractivity contribution is 0.00559. The van der Waals surface area contributed by atoms with Crippen molar-refractivity contribution in [1.29, 1.82) is 0 Å². The molecule has 0 amide bonds. The number of benzene rings is 1. The average molecular weight is 279 g/mol. The Balaban J connectivity index is 1.71. The SMILES string of the molecule is Cc1ccc(N2OC3C=C(c4ccccc4)C2CC3)nn1. The molecule has 106 valence electrons. The summed E-state index contributed by atoms with van der Waals surface area (Å²) >= 11 is 0. The van der Waals surface area contributed by atoms with Crippen LogP contribution < -0.4 is 5.06 Å². The highest BCUT2D eigenvalue weighted by Crippen LogP contribution is 2.39. The van der Waals surface area contributed by atoms with Crippen molar-refractivity contribution >= 4 is 11.4 Å². The lowest BCUT2D eigenvalue weighted by atomic mass is 9.86. The summed E-state index contributed by atoms with van der Waals surface area (Å²) in [5.41, 5.74) is 3.51. The number of aromatic nitrogens is 2. The maximum Gasteiger partial charge on any atom is 0.175 e. The van der Waals surface area contributed by atoms with Crippen LogP contribution in [0.15, 0.2) is 48.5 Å². The smallest absolute Gasteiger partial charge is 0.175 e. The number of hydrogen-bond acceptors (Lipinski definition) is 4. The molecule has 0 spiro atoms. The molecule has 3 aliphatic rings. The van der Waals surface area contributed by atoms with Gasteiger partial charge in [0, 0.05) is 0 Å². The Kier molecular flexibility index (Phi) is 2.97. The molecule has 2 aliphatic heterocycles. The second-order valence-electron chi connectivity index (χ2n) is 5.58. The Morgan fingerprint density at radius 3 is 2.62 bits per heavy atom. The fourth-order valence-corrected chi connectivity index (χ4v) is 3.06. The first-order chi connectivity index (χ1) is 10.3. The summed E-state index contributed by atoms with van der Waals surface area (Å²) in [6.07, 6.45) is 4.53. The molecule has 2 aromatic rings. The molecule has 21 heavy (non-hydrogen) atoms. The summed E-state index contributed by atoms with van der Waals surface area (Å²) in [7, 11) is 0. The fraction of sp³-hybridized carbons (Fsp3) is 0.294. The topological polar surface area (TPSA) is 38.2 Å². The van der Waals surface area contributed by atoms with E-state index < -0.39 is 0 Å². The van der Waals surface area contributed by atoms with Crippen LogP contribution in [-0.4, -0.2) is 22.3 Å². The van der Waals surface area contributed by atoms with Crippen molar-refractivity contribution in [2.24, 2.45) is 0 Å². The van der Waals surface area contributed by atoms with Crippen molar-refractivity contribution in [2.45, 2.75) is 31.9 Å². The van der Waals surface area contributed by atoms with Crippen LogP contribution >= 0.6 is 0 Å². The zero-order valence-corrected chi connectivity index (χ0v) is 11.9. The molecule has 2 atom stereocenters. The van der Waals surface area contributed by atoms with Gasteiger partial charge in [0.1, 0.15) is 6.10 Å². The van der Waals surface area contributed by atoms with Crippen molar-refractivity contribution in [2.75, 3.05) is 5.06 Å². The maximum atomic E-state index is 6.02. The molecule has 0 radical (unpaired) electrons. The summed E-state index contributed by atoms with van der Waals surface area (Å²) in [5.74, 6) is 0.789. The highest BCUT2D eigenvalue weighted by atomic mass is 16.7. The average Bonchev–Trinajstić information content (AvgIpc) is 2.57. The quantitative estimate of drug-likeness (QED) is 0.846. The minimum atomic E-state index is 0.133. The molecule has 2 unspecified atom stereocenters. The van der Waals surface area contributed by atoms with E-state index in [1.165, 1.54) is 11.1 Å². The van der Waals surface area contributed by atoms with E-state index in [1.54, 1.807) is 0 Å². The van der Waals surface area contributed by atoms with Crippen LogP contribution in [-0.2, 0) is 4.84 Å². The van der Waals surface area contributed by atoms with Gasteiger partial charge in [-0.3, -0.25) is 4.84 Å². The molecule has 2 bridgehead atoms. The van der Waals surface area contributed by atoms with Gasteiger partial charge in [0.2, 0.25) is 0 Å². The third-order valence-electron chi connectivity index (χ3n) is 4.10. The van der Waals surface area contributed by atoms with Gasteiger partial charge in [0.15, 0.2) is 5.82 Å². The van der Waals surface area contributed by atoms with Gasteiger partial charge in [-0.1, -0.05) is 30.3 Å². The minimum absolute atomic E-state index is 0.133. The predicted molar refractivity (Wildman–Crippen MR) is 81.6 cm³/mol. The molecule has 3 heterocycles. The van der Waals surface area contributed by atoms with E-state index in [-0.39, 0.29) is 12.1 Å². The maximum absolute atomic E-state index is 6.02. The fourth-order valence-electron chi connectivity index (χ4n) is 3.06. The molecule has 1 aromatic carbocycles. The van der Waals surface area contributed by atoms with E-state index in [9.17, 15) is 0 Å². The van der Waals surface area contributed by atoms with Crippen molar-refractivity contribution in [3.63, 3.8) is 0 Å². The number of nitrogens with zero attached hydrogens (tertiary/aromatic N) is 3. The molecule has 0 saturated carbocycles. The summed E-state index contributed by atoms with van der Waals surface area (Å²) in [6, 6.07) is 14.7. The van der Waals surface area contributed by atoms with Gasteiger partial charge in [-0.15, -0.1) is 5.10 Å². The first-order valence-corrected chi connectivity index (χ1v) is 7.35. The van der Waals surface area contributed by atoms with Crippen LogP contribution in [0.5, 0.6) is 0 Å². The van der Waals surface area contributed by atoms with Gasteiger partial charge >= 0.3 is 0 Å². The molecule has 4 nitrogen and oxygen atoms in total. The van der Waals surface area contributed by atoms with E-state index in [0.717, 1.165) is 24.4 Å². The Bertz CT molecular complexity index is 666. The molecular formula is C17H17N3O. The van der Waals surface area contributed by atoms with Gasteiger partial charge in [-0.2, -0.15) is 5.10 Å². The Morgan fingerprint density at radius 1 is 1.05 bits per heavy atom. The molecule has 1 fully saturated rings. The van der Waals surface area contributed by atoms with E-state index >= 15 is 0 Å². The first kappa shape index (κ1) is 12.5. The predicted octanol–water partition coefficient (Wildman–Crippen LogP) is 3.15. The van der Waals surface area contributed by atoms with Crippen molar-refractivity contribution < 1.29 is 4.84 Å². The number of hydroxylamine groups is 1. The number of aryl methyl sites for hydroxylation is 1. The second kappa shape index (κ2) is 4.97. The lowest BCUT2D eigenvalue weighted by Crippen LogP contribution is -2.48. The Hall–Kier alpha value is -2.20. The van der Waals surface area contributed by atoms with E-state index in [4.69, 9.17) is 4.84 Å². The third-order valence-corrected chi connectivity index (χ3v) is 4.10. The van der Waals surface area contributed by atoms with Gasteiger partial charge in [-0.05, 0) is 49.1 Å². The highest BCUT2D eigenvalue weighted by molar-refractivity contribution is 5.74. The molecule has 0 N–H and O–H groups in total. The van der Waals surface area contributed by atoms with Crippen LogP contribution in [0.4, 0.5) is 5.82 Å². The van der Waals surface area contributed by atoms with E-state index in [0.29, 0.717) is 0 Å². The van der Waals surface area contributed by atoms with Crippen LogP contribution in [0.1, 0.15) is 24.1 Å².